The minimum atomic E-state index is -0.522. The standard InChI is InChI=1S/C10H16N2O.C6H5ClN2O2.C2H6/c1-2-12(7-8-13)10-5-3-9(11)4-6-10;7-5-3-4(9(10)11)1-2-6(5)8;1-2/h3-6,13H,2,7-8,11H2,1H3;1-3H,8H2;1-2H3. The minimum Gasteiger partial charge on any atom is -0.399 e. The van der Waals surface area contributed by atoms with Crippen molar-refractivity contribution < 1.29 is 10.0 Å². The highest BCUT2D eigenvalue weighted by Gasteiger charge is 2.06. The van der Waals surface area contributed by atoms with E-state index in [-0.39, 0.29) is 17.3 Å². The maximum absolute atomic E-state index is 10.2. The number of aliphatic hydroxyl groups is 1. The molecule has 144 valence electrons. The van der Waals surface area contributed by atoms with E-state index >= 15 is 0 Å². The number of anilines is 3. The second-order valence-electron chi connectivity index (χ2n) is 4.86. The number of likely N-dealkylation sites (N-methyl/N-ethyl adjacent to an activating group) is 1. The van der Waals surface area contributed by atoms with Crippen molar-refractivity contribution >= 4 is 34.4 Å². The Morgan fingerprint density at radius 1 is 1.15 bits per heavy atom. The van der Waals surface area contributed by atoms with Gasteiger partial charge in [-0.05, 0) is 37.3 Å². The van der Waals surface area contributed by atoms with Crippen LogP contribution in [0.4, 0.5) is 22.7 Å². The molecule has 0 heterocycles. The van der Waals surface area contributed by atoms with Gasteiger partial charge in [0, 0.05) is 36.6 Å². The number of halogens is 1. The lowest BCUT2D eigenvalue weighted by Gasteiger charge is -2.21. The van der Waals surface area contributed by atoms with Crippen LogP contribution >= 0.6 is 11.6 Å². The molecule has 0 saturated carbocycles. The van der Waals surface area contributed by atoms with Crippen molar-refractivity contribution in [2.75, 3.05) is 36.1 Å². The summed E-state index contributed by atoms with van der Waals surface area (Å²) in [6, 6.07) is 11.6. The van der Waals surface area contributed by atoms with Crippen LogP contribution in [0.15, 0.2) is 42.5 Å². The molecule has 0 radical (unpaired) electrons. The summed E-state index contributed by atoms with van der Waals surface area (Å²) in [7, 11) is 0. The number of aliphatic hydroxyl groups excluding tert-OH is 1. The normalized spacial score (nSPS) is 9.27. The average molecular weight is 383 g/mol. The van der Waals surface area contributed by atoms with Crippen molar-refractivity contribution in [1.82, 2.24) is 0 Å². The Labute approximate surface area is 159 Å². The van der Waals surface area contributed by atoms with E-state index in [0.29, 0.717) is 12.2 Å². The zero-order valence-corrected chi connectivity index (χ0v) is 16.1. The molecule has 0 spiro atoms. The molecule has 2 aromatic carbocycles. The predicted octanol–water partition coefficient (Wildman–Crippen LogP) is 3.94. The predicted molar refractivity (Wildman–Crippen MR) is 110 cm³/mol. The van der Waals surface area contributed by atoms with Gasteiger partial charge in [-0.2, -0.15) is 0 Å². The summed E-state index contributed by atoms with van der Waals surface area (Å²) >= 11 is 5.53. The zero-order valence-electron chi connectivity index (χ0n) is 15.4. The van der Waals surface area contributed by atoms with Crippen LogP contribution in [0.5, 0.6) is 0 Å². The molecule has 0 saturated heterocycles. The molecule has 0 fully saturated rings. The van der Waals surface area contributed by atoms with Crippen molar-refractivity contribution in [3.05, 3.63) is 57.6 Å². The third-order valence-electron chi connectivity index (χ3n) is 3.20. The zero-order chi connectivity index (χ0) is 20.1. The minimum absolute atomic E-state index is 0.0517. The second kappa shape index (κ2) is 12.8. The van der Waals surface area contributed by atoms with Crippen molar-refractivity contribution in [3.8, 4) is 0 Å². The quantitative estimate of drug-likeness (QED) is 0.409. The Hall–Kier alpha value is -2.51. The number of benzene rings is 2. The van der Waals surface area contributed by atoms with Gasteiger partial charge in [0.2, 0.25) is 0 Å². The number of rotatable bonds is 5. The number of nitrogen functional groups attached to an aromatic ring is 2. The number of hydrogen-bond acceptors (Lipinski definition) is 6. The molecule has 2 aromatic rings. The van der Waals surface area contributed by atoms with Crippen LogP contribution in [-0.4, -0.2) is 29.7 Å². The average Bonchev–Trinajstić information content (AvgIpc) is 2.65. The lowest BCUT2D eigenvalue weighted by atomic mass is 10.2. The van der Waals surface area contributed by atoms with E-state index in [9.17, 15) is 10.1 Å². The summed E-state index contributed by atoms with van der Waals surface area (Å²) in [5.41, 5.74) is 13.1. The third-order valence-corrected chi connectivity index (χ3v) is 3.53. The van der Waals surface area contributed by atoms with E-state index in [0.717, 1.165) is 17.9 Å². The summed E-state index contributed by atoms with van der Waals surface area (Å²) < 4.78 is 0. The highest BCUT2D eigenvalue weighted by atomic mass is 35.5. The summed E-state index contributed by atoms with van der Waals surface area (Å²) in [6.45, 7) is 7.80. The SMILES string of the molecule is CC.CCN(CCO)c1ccc(N)cc1.Nc1ccc([N+](=O)[O-])cc1Cl. The largest absolute Gasteiger partial charge is 0.399 e. The van der Waals surface area contributed by atoms with Crippen LogP contribution in [0, 0.1) is 10.1 Å². The number of nitrogens with two attached hydrogens (primary N) is 2. The molecule has 8 heteroatoms. The molecular formula is C18H27ClN4O3. The molecule has 2 rings (SSSR count). The highest BCUT2D eigenvalue weighted by Crippen LogP contribution is 2.23. The molecule has 0 unspecified atom stereocenters. The maximum atomic E-state index is 10.2. The lowest BCUT2D eigenvalue weighted by molar-refractivity contribution is -0.384. The summed E-state index contributed by atoms with van der Waals surface area (Å²) in [5.74, 6) is 0. The Bertz CT molecular complexity index is 666. The van der Waals surface area contributed by atoms with Gasteiger partial charge in [-0.3, -0.25) is 10.1 Å². The van der Waals surface area contributed by atoms with Gasteiger partial charge in [-0.25, -0.2) is 0 Å². The van der Waals surface area contributed by atoms with Gasteiger partial charge in [0.15, 0.2) is 0 Å². The molecule has 0 aliphatic carbocycles. The first-order chi connectivity index (χ1) is 12.4. The molecular weight excluding hydrogens is 356 g/mol. The van der Waals surface area contributed by atoms with Gasteiger partial charge in [0.05, 0.1) is 22.2 Å². The van der Waals surface area contributed by atoms with E-state index in [2.05, 4.69) is 11.8 Å². The number of nitrogens with zero attached hydrogens (tertiary/aromatic N) is 2. The lowest BCUT2D eigenvalue weighted by Crippen LogP contribution is -2.25. The van der Waals surface area contributed by atoms with Crippen LogP contribution in [0.25, 0.3) is 0 Å². The number of nitro benzene ring substituents is 1. The number of nitro groups is 1. The monoisotopic (exact) mass is 382 g/mol. The highest BCUT2D eigenvalue weighted by molar-refractivity contribution is 6.33. The van der Waals surface area contributed by atoms with E-state index in [1.54, 1.807) is 0 Å². The summed E-state index contributed by atoms with van der Waals surface area (Å²) in [6.07, 6.45) is 0. The van der Waals surface area contributed by atoms with E-state index < -0.39 is 4.92 Å². The van der Waals surface area contributed by atoms with Gasteiger partial charge in [0.1, 0.15) is 0 Å². The van der Waals surface area contributed by atoms with E-state index in [1.165, 1.54) is 18.2 Å². The smallest absolute Gasteiger partial charge is 0.271 e. The summed E-state index contributed by atoms with van der Waals surface area (Å²) in [4.78, 5) is 11.7. The summed E-state index contributed by atoms with van der Waals surface area (Å²) in [5, 5.41) is 19.2. The Morgan fingerprint density at radius 3 is 2.15 bits per heavy atom. The maximum Gasteiger partial charge on any atom is 0.271 e. The molecule has 5 N–H and O–H groups in total. The van der Waals surface area contributed by atoms with Crippen LogP contribution in [0.2, 0.25) is 5.02 Å². The van der Waals surface area contributed by atoms with Crippen LogP contribution in [-0.2, 0) is 0 Å². The fourth-order valence-electron chi connectivity index (χ4n) is 1.91. The van der Waals surface area contributed by atoms with Crippen LogP contribution in [0.3, 0.4) is 0 Å². The first-order valence-electron chi connectivity index (χ1n) is 8.29. The van der Waals surface area contributed by atoms with Crippen molar-refractivity contribution in [3.63, 3.8) is 0 Å². The Morgan fingerprint density at radius 2 is 1.73 bits per heavy atom. The van der Waals surface area contributed by atoms with Gasteiger partial charge in [0.25, 0.3) is 5.69 Å². The topological polar surface area (TPSA) is 119 Å². The van der Waals surface area contributed by atoms with Crippen LogP contribution in [0.1, 0.15) is 20.8 Å². The number of hydrogen-bond donors (Lipinski definition) is 3. The Balaban J connectivity index is 0.000000444. The van der Waals surface area contributed by atoms with Crippen LogP contribution < -0.4 is 16.4 Å². The first-order valence-corrected chi connectivity index (χ1v) is 8.67. The first kappa shape index (κ1) is 23.5. The molecule has 0 amide bonds. The van der Waals surface area contributed by atoms with Gasteiger partial charge in [-0.1, -0.05) is 25.4 Å². The molecule has 26 heavy (non-hydrogen) atoms. The van der Waals surface area contributed by atoms with Gasteiger partial charge in [-0.15, -0.1) is 0 Å². The molecule has 0 aliphatic rings. The molecule has 0 bridgehead atoms. The van der Waals surface area contributed by atoms with E-state index in [4.69, 9.17) is 28.2 Å². The van der Waals surface area contributed by atoms with Crippen molar-refractivity contribution in [2.45, 2.75) is 20.8 Å². The molecule has 0 aliphatic heterocycles. The Kier molecular flexibility index (Phi) is 11.6. The fraction of sp³-hybridized carbons (Fsp3) is 0.333. The molecule has 0 aromatic heterocycles. The number of non-ortho nitro benzene ring substituents is 1. The van der Waals surface area contributed by atoms with Crippen molar-refractivity contribution in [1.29, 1.82) is 0 Å². The molecule has 7 nitrogen and oxygen atoms in total. The molecule has 0 atom stereocenters. The fourth-order valence-corrected chi connectivity index (χ4v) is 2.08. The van der Waals surface area contributed by atoms with Crippen molar-refractivity contribution in [2.24, 2.45) is 0 Å². The second-order valence-corrected chi connectivity index (χ2v) is 5.26. The third kappa shape index (κ3) is 8.04. The van der Waals surface area contributed by atoms with Gasteiger partial charge < -0.3 is 21.5 Å². The van der Waals surface area contributed by atoms with Gasteiger partial charge >= 0.3 is 0 Å². The van der Waals surface area contributed by atoms with E-state index in [1.807, 2.05) is 38.1 Å².